The van der Waals surface area contributed by atoms with E-state index in [0.717, 1.165) is 29.9 Å². The summed E-state index contributed by atoms with van der Waals surface area (Å²) in [6.07, 6.45) is 0. The van der Waals surface area contributed by atoms with Crippen molar-refractivity contribution in [3.8, 4) is 0 Å². The van der Waals surface area contributed by atoms with Crippen molar-refractivity contribution in [3.63, 3.8) is 0 Å². The van der Waals surface area contributed by atoms with Crippen LogP contribution in [-0.4, -0.2) is 37.2 Å². The second-order valence-electron chi connectivity index (χ2n) is 7.36. The molecule has 3 N–H and O–H groups in total. The first kappa shape index (κ1) is 20.6. The van der Waals surface area contributed by atoms with Gasteiger partial charge in [0.25, 0.3) is 0 Å². The molecule has 0 saturated carbocycles. The number of ether oxygens (including phenoxy) is 1. The van der Waals surface area contributed by atoms with Crippen molar-refractivity contribution in [2.75, 3.05) is 25.5 Å². The Balaban J connectivity index is 1.88. The van der Waals surface area contributed by atoms with Gasteiger partial charge < -0.3 is 20.5 Å². The molecule has 2 unspecified atom stereocenters. The van der Waals surface area contributed by atoms with Crippen molar-refractivity contribution < 1.29 is 14.6 Å². The number of hydrogen-bond donors (Lipinski definition) is 3. The van der Waals surface area contributed by atoms with Crippen LogP contribution in [0.2, 0.25) is 0 Å². The first-order valence-electron chi connectivity index (χ1n) is 10.2. The number of hydrogen-bond acceptors (Lipinski definition) is 5. The molecule has 158 valence electrons. The van der Waals surface area contributed by atoms with Crippen LogP contribution < -0.4 is 10.6 Å². The van der Waals surface area contributed by atoms with E-state index in [9.17, 15) is 9.90 Å². The van der Waals surface area contributed by atoms with Gasteiger partial charge in [-0.15, -0.1) is 0 Å². The standard InChI is InChI=1S/C25H25N3O3/c1-31-25(23(29)30,20-12-6-3-7-13-20)22(18-9-4-2-5-10-18)19-11-8-14-21(17-19)28-24-26-15-16-27-24/h2-14,17,22H,15-16H2,1H3,(H,29,30)(H2,26,27,28). The van der Waals surface area contributed by atoms with Gasteiger partial charge in [-0.05, 0) is 28.8 Å². The summed E-state index contributed by atoms with van der Waals surface area (Å²) in [4.78, 5) is 17.2. The Labute approximate surface area is 181 Å². The molecule has 0 fully saturated rings. The van der Waals surface area contributed by atoms with Crippen molar-refractivity contribution in [1.29, 1.82) is 0 Å². The summed E-state index contributed by atoms with van der Waals surface area (Å²) in [5.74, 6) is -0.915. The molecule has 6 nitrogen and oxygen atoms in total. The van der Waals surface area contributed by atoms with Crippen LogP contribution in [0.4, 0.5) is 5.69 Å². The number of aliphatic carboxylic acids is 1. The van der Waals surface area contributed by atoms with Crippen LogP contribution in [0.5, 0.6) is 0 Å². The SMILES string of the molecule is COC(C(=O)O)(c1ccccc1)C(c1ccccc1)c1cccc(NC2=NCCN2)c1. The number of carboxylic acids is 1. The zero-order valence-electron chi connectivity index (χ0n) is 17.3. The molecule has 2 atom stereocenters. The molecule has 31 heavy (non-hydrogen) atoms. The molecular formula is C25H25N3O3. The van der Waals surface area contributed by atoms with E-state index in [0.29, 0.717) is 11.5 Å². The average Bonchev–Trinajstić information content (AvgIpc) is 3.31. The highest BCUT2D eigenvalue weighted by Crippen LogP contribution is 2.45. The Morgan fingerprint density at radius 3 is 2.32 bits per heavy atom. The van der Waals surface area contributed by atoms with E-state index in [-0.39, 0.29) is 0 Å². The monoisotopic (exact) mass is 415 g/mol. The average molecular weight is 415 g/mol. The molecule has 3 aromatic carbocycles. The third-order valence-electron chi connectivity index (χ3n) is 5.54. The van der Waals surface area contributed by atoms with E-state index in [1.165, 1.54) is 7.11 Å². The quantitative estimate of drug-likeness (QED) is 0.547. The van der Waals surface area contributed by atoms with Gasteiger partial charge in [0.05, 0.1) is 12.5 Å². The molecule has 0 radical (unpaired) electrons. The molecule has 1 aliphatic rings. The molecule has 1 heterocycles. The lowest BCUT2D eigenvalue weighted by molar-refractivity contribution is -0.166. The third-order valence-corrected chi connectivity index (χ3v) is 5.54. The number of carboxylic acid groups (broad SMARTS) is 1. The van der Waals surface area contributed by atoms with Crippen LogP contribution in [0.15, 0.2) is 89.9 Å². The number of benzene rings is 3. The fourth-order valence-electron chi connectivity index (χ4n) is 4.14. The van der Waals surface area contributed by atoms with Crippen molar-refractivity contribution >= 4 is 17.6 Å². The molecule has 6 heteroatoms. The van der Waals surface area contributed by atoms with Crippen molar-refractivity contribution in [1.82, 2.24) is 5.32 Å². The number of rotatable bonds is 7. The Morgan fingerprint density at radius 1 is 1.03 bits per heavy atom. The first-order valence-corrected chi connectivity index (χ1v) is 10.2. The predicted octanol–water partition coefficient (Wildman–Crippen LogP) is 3.82. The normalized spacial score (nSPS) is 16.0. The summed E-state index contributed by atoms with van der Waals surface area (Å²) in [5.41, 5.74) is 1.48. The van der Waals surface area contributed by atoms with Crippen LogP contribution in [0.3, 0.4) is 0 Å². The third kappa shape index (κ3) is 4.02. The minimum atomic E-state index is -1.61. The fourth-order valence-corrected chi connectivity index (χ4v) is 4.14. The van der Waals surface area contributed by atoms with Crippen LogP contribution in [0.1, 0.15) is 22.6 Å². The van der Waals surface area contributed by atoms with Gasteiger partial charge in [-0.25, -0.2) is 4.79 Å². The van der Waals surface area contributed by atoms with E-state index >= 15 is 0 Å². The maximum atomic E-state index is 12.8. The van der Waals surface area contributed by atoms with Gasteiger partial charge in [-0.1, -0.05) is 72.8 Å². The number of anilines is 1. The molecule has 1 aliphatic heterocycles. The number of nitrogens with zero attached hydrogens (tertiary/aromatic N) is 1. The number of carbonyl (C=O) groups is 1. The minimum Gasteiger partial charge on any atom is -0.479 e. The van der Waals surface area contributed by atoms with Gasteiger partial charge in [0, 0.05) is 19.3 Å². The van der Waals surface area contributed by atoms with Crippen LogP contribution in [-0.2, 0) is 15.1 Å². The van der Waals surface area contributed by atoms with E-state index < -0.39 is 17.5 Å². The van der Waals surface area contributed by atoms with E-state index in [1.54, 1.807) is 12.1 Å². The number of aliphatic imine (C=N–C) groups is 1. The molecule has 0 saturated heterocycles. The molecule has 0 bridgehead atoms. The Hall–Kier alpha value is -3.64. The van der Waals surface area contributed by atoms with Gasteiger partial charge in [0.1, 0.15) is 0 Å². The van der Waals surface area contributed by atoms with Gasteiger partial charge in [0.15, 0.2) is 5.96 Å². The second kappa shape index (κ2) is 9.02. The number of guanidine groups is 1. The first-order chi connectivity index (χ1) is 15.1. The molecule has 3 aromatic rings. The highest BCUT2D eigenvalue weighted by molar-refractivity contribution is 5.94. The van der Waals surface area contributed by atoms with Crippen molar-refractivity contribution in [3.05, 3.63) is 102 Å². The maximum absolute atomic E-state index is 12.8. The largest absolute Gasteiger partial charge is 0.479 e. The zero-order valence-corrected chi connectivity index (χ0v) is 17.3. The number of nitrogens with one attached hydrogen (secondary N) is 2. The van der Waals surface area contributed by atoms with Gasteiger partial charge in [-0.2, -0.15) is 0 Å². The van der Waals surface area contributed by atoms with E-state index in [4.69, 9.17) is 4.74 Å². The zero-order chi connectivity index (χ0) is 21.7. The summed E-state index contributed by atoms with van der Waals surface area (Å²) >= 11 is 0. The minimum absolute atomic E-state index is 0.582. The fraction of sp³-hybridized carbons (Fsp3) is 0.200. The molecule has 0 aromatic heterocycles. The highest BCUT2D eigenvalue weighted by atomic mass is 16.5. The lowest BCUT2D eigenvalue weighted by atomic mass is 9.73. The molecule has 0 spiro atoms. The van der Waals surface area contributed by atoms with Gasteiger partial charge >= 0.3 is 5.97 Å². The predicted molar refractivity (Wildman–Crippen MR) is 121 cm³/mol. The molecular weight excluding hydrogens is 390 g/mol. The van der Waals surface area contributed by atoms with Crippen LogP contribution >= 0.6 is 0 Å². The number of methoxy groups -OCH3 is 1. The molecule has 0 aliphatic carbocycles. The Morgan fingerprint density at radius 2 is 1.71 bits per heavy atom. The highest BCUT2D eigenvalue weighted by Gasteiger charge is 2.49. The molecule has 4 rings (SSSR count). The summed E-state index contributed by atoms with van der Waals surface area (Å²) in [5, 5.41) is 17.0. The topological polar surface area (TPSA) is 83.0 Å². The summed E-state index contributed by atoms with van der Waals surface area (Å²) in [7, 11) is 1.45. The lowest BCUT2D eigenvalue weighted by Crippen LogP contribution is -2.44. The van der Waals surface area contributed by atoms with E-state index in [1.807, 2.05) is 72.8 Å². The molecule has 0 amide bonds. The smallest absolute Gasteiger partial charge is 0.341 e. The lowest BCUT2D eigenvalue weighted by Gasteiger charge is -2.37. The van der Waals surface area contributed by atoms with Crippen LogP contribution in [0, 0.1) is 0 Å². The van der Waals surface area contributed by atoms with E-state index in [2.05, 4.69) is 15.6 Å². The summed E-state index contributed by atoms with van der Waals surface area (Å²) in [6.45, 7) is 1.53. The van der Waals surface area contributed by atoms with Gasteiger partial charge in [-0.3, -0.25) is 4.99 Å². The Kier molecular flexibility index (Phi) is 6.00. The van der Waals surface area contributed by atoms with Gasteiger partial charge in [0.2, 0.25) is 5.60 Å². The maximum Gasteiger partial charge on any atom is 0.341 e. The van der Waals surface area contributed by atoms with Crippen molar-refractivity contribution in [2.24, 2.45) is 4.99 Å². The summed E-state index contributed by atoms with van der Waals surface area (Å²) in [6, 6.07) is 26.5. The van der Waals surface area contributed by atoms with Crippen LogP contribution in [0.25, 0.3) is 0 Å². The second-order valence-corrected chi connectivity index (χ2v) is 7.36. The van der Waals surface area contributed by atoms with Crippen molar-refractivity contribution in [2.45, 2.75) is 11.5 Å². The Bertz CT molecular complexity index is 1070. The summed E-state index contributed by atoms with van der Waals surface area (Å²) < 4.78 is 5.87.